The molecule has 3 rings (SSSR count). The van der Waals surface area contributed by atoms with Crippen molar-refractivity contribution >= 4 is 33.6 Å². The van der Waals surface area contributed by atoms with Crippen molar-refractivity contribution in [3.63, 3.8) is 0 Å². The predicted octanol–water partition coefficient (Wildman–Crippen LogP) is 2.24. The molecular weight excluding hydrogens is 380 g/mol. The fraction of sp³-hybridized carbons (Fsp3) is 0.444. The van der Waals surface area contributed by atoms with E-state index < -0.39 is 5.97 Å². The van der Waals surface area contributed by atoms with Crippen LogP contribution in [-0.2, 0) is 17.8 Å². The zero-order valence-electron chi connectivity index (χ0n) is 15.6. The van der Waals surface area contributed by atoms with Crippen LogP contribution in [0.2, 0.25) is 0 Å². The Labute approximate surface area is 166 Å². The summed E-state index contributed by atoms with van der Waals surface area (Å²) in [5, 5.41) is 20.9. The van der Waals surface area contributed by atoms with Gasteiger partial charge in [-0.15, -0.1) is 10.2 Å². The molecule has 0 aliphatic carbocycles. The summed E-state index contributed by atoms with van der Waals surface area (Å²) in [6, 6.07) is 5.45. The number of nitrogens with zero attached hydrogens (tertiary/aromatic N) is 6. The quantitative estimate of drug-likeness (QED) is 0.517. The SMILES string of the molecule is CCN(CCc1cn(CCCCC(=O)O)nn1)C(=O)c1ccc2snnc2c1. The number of rotatable bonds is 10. The number of carbonyl (C=O) groups excluding carboxylic acids is 1. The number of carbonyl (C=O) groups is 2. The van der Waals surface area contributed by atoms with Gasteiger partial charge in [-0.2, -0.15) is 0 Å². The van der Waals surface area contributed by atoms with Gasteiger partial charge >= 0.3 is 5.97 Å². The van der Waals surface area contributed by atoms with E-state index in [-0.39, 0.29) is 12.3 Å². The van der Waals surface area contributed by atoms with E-state index in [1.165, 1.54) is 11.5 Å². The molecule has 3 aromatic rings. The van der Waals surface area contributed by atoms with Crippen LogP contribution in [0.25, 0.3) is 10.2 Å². The Balaban J connectivity index is 1.53. The monoisotopic (exact) mass is 402 g/mol. The summed E-state index contributed by atoms with van der Waals surface area (Å²) in [7, 11) is 0. The molecule has 1 amide bonds. The first-order chi connectivity index (χ1) is 13.6. The van der Waals surface area contributed by atoms with E-state index in [2.05, 4.69) is 19.9 Å². The third-order valence-corrected chi connectivity index (χ3v) is 5.12. The molecule has 1 aromatic carbocycles. The molecule has 9 nitrogen and oxygen atoms in total. The van der Waals surface area contributed by atoms with Crippen LogP contribution < -0.4 is 0 Å². The van der Waals surface area contributed by atoms with Gasteiger partial charge in [0.25, 0.3) is 5.91 Å². The molecule has 0 aliphatic heterocycles. The van der Waals surface area contributed by atoms with Crippen molar-refractivity contribution in [2.45, 2.75) is 39.2 Å². The number of carboxylic acid groups (broad SMARTS) is 1. The van der Waals surface area contributed by atoms with E-state index in [1.807, 2.05) is 19.2 Å². The van der Waals surface area contributed by atoms with Gasteiger partial charge in [-0.1, -0.05) is 9.70 Å². The van der Waals surface area contributed by atoms with Gasteiger partial charge in [-0.25, -0.2) is 0 Å². The molecule has 0 saturated carbocycles. The van der Waals surface area contributed by atoms with Gasteiger partial charge in [-0.3, -0.25) is 14.3 Å². The lowest BCUT2D eigenvalue weighted by Gasteiger charge is -2.20. The molecule has 0 saturated heterocycles. The molecule has 148 valence electrons. The summed E-state index contributed by atoms with van der Waals surface area (Å²) < 4.78 is 6.58. The average molecular weight is 402 g/mol. The summed E-state index contributed by atoms with van der Waals surface area (Å²) in [6.07, 6.45) is 3.98. The van der Waals surface area contributed by atoms with E-state index in [0.29, 0.717) is 38.0 Å². The van der Waals surface area contributed by atoms with Crippen LogP contribution in [0.3, 0.4) is 0 Å². The van der Waals surface area contributed by atoms with Crippen LogP contribution in [0.5, 0.6) is 0 Å². The van der Waals surface area contributed by atoms with E-state index in [9.17, 15) is 9.59 Å². The molecule has 0 spiro atoms. The van der Waals surface area contributed by atoms with Crippen LogP contribution in [0.4, 0.5) is 0 Å². The van der Waals surface area contributed by atoms with Crippen molar-refractivity contribution in [2.75, 3.05) is 13.1 Å². The second-order valence-corrected chi connectivity index (χ2v) is 7.20. The molecule has 2 aromatic heterocycles. The van der Waals surface area contributed by atoms with Crippen molar-refractivity contribution in [2.24, 2.45) is 0 Å². The second-order valence-electron chi connectivity index (χ2n) is 6.41. The van der Waals surface area contributed by atoms with Crippen LogP contribution >= 0.6 is 11.5 Å². The fourth-order valence-corrected chi connectivity index (χ4v) is 3.40. The number of benzene rings is 1. The van der Waals surface area contributed by atoms with Gasteiger partial charge < -0.3 is 10.0 Å². The summed E-state index contributed by atoms with van der Waals surface area (Å²) in [6.45, 7) is 3.72. The Kier molecular flexibility index (Phi) is 6.64. The molecule has 2 heterocycles. The molecule has 28 heavy (non-hydrogen) atoms. The smallest absolute Gasteiger partial charge is 0.303 e. The van der Waals surface area contributed by atoms with E-state index in [4.69, 9.17) is 5.11 Å². The number of aryl methyl sites for hydroxylation is 1. The minimum absolute atomic E-state index is 0.0431. The fourth-order valence-electron chi connectivity index (χ4n) is 2.86. The molecule has 0 bridgehead atoms. The van der Waals surface area contributed by atoms with Crippen LogP contribution in [0.1, 0.15) is 42.2 Å². The molecular formula is C18H22N6O3S. The molecule has 0 atom stereocenters. The first-order valence-electron chi connectivity index (χ1n) is 9.19. The number of aromatic nitrogens is 5. The highest BCUT2D eigenvalue weighted by Gasteiger charge is 2.16. The van der Waals surface area contributed by atoms with Gasteiger partial charge in [0.15, 0.2) is 0 Å². The van der Waals surface area contributed by atoms with Gasteiger partial charge in [0, 0.05) is 44.2 Å². The first-order valence-corrected chi connectivity index (χ1v) is 9.96. The highest BCUT2D eigenvalue weighted by molar-refractivity contribution is 7.12. The van der Waals surface area contributed by atoms with Crippen LogP contribution in [-0.4, -0.2) is 59.6 Å². The minimum atomic E-state index is -0.784. The summed E-state index contributed by atoms with van der Waals surface area (Å²) >= 11 is 1.31. The maximum Gasteiger partial charge on any atom is 0.303 e. The van der Waals surface area contributed by atoms with Gasteiger partial charge in [-0.05, 0) is 49.5 Å². The van der Waals surface area contributed by atoms with Crippen LogP contribution in [0, 0.1) is 0 Å². The summed E-state index contributed by atoms with van der Waals surface area (Å²) in [5.74, 6) is -0.827. The molecule has 0 aliphatic rings. The Bertz CT molecular complexity index is 954. The van der Waals surface area contributed by atoms with Gasteiger partial charge in [0.05, 0.1) is 10.4 Å². The number of unbranched alkanes of at least 4 members (excludes halogenated alkanes) is 1. The van der Waals surface area contributed by atoms with Crippen molar-refractivity contribution in [3.8, 4) is 0 Å². The normalized spacial score (nSPS) is 11.0. The maximum atomic E-state index is 12.8. The van der Waals surface area contributed by atoms with E-state index in [1.54, 1.807) is 21.7 Å². The number of likely N-dealkylation sites (N-methyl/N-ethyl adjacent to an activating group) is 1. The summed E-state index contributed by atoms with van der Waals surface area (Å²) in [5.41, 5.74) is 2.14. The van der Waals surface area contributed by atoms with Crippen molar-refractivity contribution < 1.29 is 14.7 Å². The van der Waals surface area contributed by atoms with Crippen LogP contribution in [0.15, 0.2) is 24.4 Å². The van der Waals surface area contributed by atoms with E-state index >= 15 is 0 Å². The topological polar surface area (TPSA) is 114 Å². The molecule has 0 unspecified atom stereocenters. The lowest BCUT2D eigenvalue weighted by Crippen LogP contribution is -2.32. The number of carboxylic acids is 1. The Hall–Kier alpha value is -2.88. The van der Waals surface area contributed by atoms with Crippen molar-refractivity contribution in [1.82, 2.24) is 29.5 Å². The highest BCUT2D eigenvalue weighted by Crippen LogP contribution is 2.18. The Morgan fingerprint density at radius 1 is 1.25 bits per heavy atom. The molecule has 0 fully saturated rings. The van der Waals surface area contributed by atoms with Crippen molar-refractivity contribution in [1.29, 1.82) is 0 Å². The first kappa shape index (κ1) is 19.9. The standard InChI is InChI=1S/C18H22N6O3S/c1-2-23(18(27)13-6-7-16-15(11-13)20-22-28-16)10-8-14-12-24(21-19-14)9-4-3-5-17(25)26/h6-7,11-12H,2-5,8-10H2,1H3,(H,25,26). The zero-order chi connectivity index (χ0) is 19.9. The lowest BCUT2D eigenvalue weighted by atomic mass is 10.1. The number of aliphatic carboxylic acids is 1. The number of hydrogen-bond donors (Lipinski definition) is 1. The van der Waals surface area contributed by atoms with Gasteiger partial charge in [0.2, 0.25) is 0 Å². The second kappa shape index (κ2) is 9.36. The van der Waals surface area contributed by atoms with Gasteiger partial charge in [0.1, 0.15) is 5.52 Å². The van der Waals surface area contributed by atoms with Crippen molar-refractivity contribution in [3.05, 3.63) is 35.7 Å². The third kappa shape index (κ3) is 5.10. The molecule has 0 radical (unpaired) electrons. The average Bonchev–Trinajstić information content (AvgIpc) is 3.34. The maximum absolute atomic E-state index is 12.8. The number of amides is 1. The van der Waals surface area contributed by atoms with E-state index in [0.717, 1.165) is 22.3 Å². The minimum Gasteiger partial charge on any atom is -0.481 e. The lowest BCUT2D eigenvalue weighted by molar-refractivity contribution is -0.137. The Morgan fingerprint density at radius 3 is 2.89 bits per heavy atom. The number of hydrogen-bond acceptors (Lipinski definition) is 7. The molecule has 1 N–H and O–H groups in total. The Morgan fingerprint density at radius 2 is 2.11 bits per heavy atom. The summed E-state index contributed by atoms with van der Waals surface area (Å²) in [4.78, 5) is 25.1. The third-order valence-electron chi connectivity index (χ3n) is 4.41. The predicted molar refractivity (Wildman–Crippen MR) is 104 cm³/mol. The molecule has 10 heteroatoms. The number of fused-ring (bicyclic) bond motifs is 1. The zero-order valence-corrected chi connectivity index (χ0v) is 16.4. The largest absolute Gasteiger partial charge is 0.481 e. The highest BCUT2D eigenvalue weighted by atomic mass is 32.1.